The van der Waals surface area contributed by atoms with E-state index in [2.05, 4.69) is 9.97 Å². The van der Waals surface area contributed by atoms with E-state index in [9.17, 15) is 0 Å². The number of fused-ring (bicyclic) bond motifs is 1. The highest BCUT2D eigenvalue weighted by molar-refractivity contribution is 7.71. The fourth-order valence-corrected chi connectivity index (χ4v) is 2.64. The molecule has 1 aromatic heterocycles. The fraction of sp³-hybridized carbons (Fsp3) is 0.333. The van der Waals surface area contributed by atoms with E-state index in [1.807, 2.05) is 30.3 Å². The molecule has 4 nitrogen and oxygen atoms in total. The molecule has 0 radical (unpaired) electrons. The lowest BCUT2D eigenvalue weighted by molar-refractivity contribution is 0.0848. The standard InChI is InChI=1S/C15H14N2O2S/c20-14-7-10(9-5-6-9)16-15(17-14)13-8-18-11-3-1-2-4-12(11)19-13/h1-4,7,9,13H,5-6,8H2,(H,16,17,20). The van der Waals surface area contributed by atoms with Crippen LogP contribution in [0.15, 0.2) is 30.3 Å². The van der Waals surface area contributed by atoms with Gasteiger partial charge in [-0.1, -0.05) is 24.4 Å². The first-order valence-corrected chi connectivity index (χ1v) is 7.20. The van der Waals surface area contributed by atoms with Gasteiger partial charge in [0, 0.05) is 5.69 Å². The lowest BCUT2D eigenvalue weighted by Gasteiger charge is -2.26. The van der Waals surface area contributed by atoms with Crippen LogP contribution in [-0.4, -0.2) is 16.6 Å². The number of rotatable bonds is 2. The van der Waals surface area contributed by atoms with Crippen molar-refractivity contribution >= 4 is 12.2 Å². The maximum atomic E-state index is 5.96. The molecule has 2 aliphatic rings. The molecular formula is C15H14N2O2S. The van der Waals surface area contributed by atoms with Gasteiger partial charge < -0.3 is 14.5 Å². The zero-order valence-corrected chi connectivity index (χ0v) is 11.7. The van der Waals surface area contributed by atoms with Crippen molar-refractivity contribution in [3.05, 3.63) is 46.5 Å². The molecule has 0 saturated heterocycles. The summed E-state index contributed by atoms with van der Waals surface area (Å²) in [6.07, 6.45) is 2.21. The normalized spacial score (nSPS) is 20.7. The molecule has 5 heteroatoms. The minimum atomic E-state index is -0.231. The topological polar surface area (TPSA) is 47.1 Å². The molecule has 1 unspecified atom stereocenters. The van der Waals surface area contributed by atoms with E-state index in [4.69, 9.17) is 21.7 Å². The molecular weight excluding hydrogens is 272 g/mol. The summed E-state index contributed by atoms with van der Waals surface area (Å²) < 4.78 is 12.3. The Balaban J connectivity index is 1.67. The van der Waals surface area contributed by atoms with Crippen molar-refractivity contribution in [1.29, 1.82) is 0 Å². The summed E-state index contributed by atoms with van der Waals surface area (Å²) in [7, 11) is 0. The summed E-state index contributed by atoms with van der Waals surface area (Å²) in [5, 5.41) is 0. The average Bonchev–Trinajstić information content (AvgIpc) is 3.31. The number of hydrogen-bond donors (Lipinski definition) is 1. The molecule has 0 spiro atoms. The van der Waals surface area contributed by atoms with Crippen molar-refractivity contribution in [2.45, 2.75) is 24.9 Å². The quantitative estimate of drug-likeness (QED) is 0.858. The Morgan fingerprint density at radius 1 is 1.20 bits per heavy atom. The van der Waals surface area contributed by atoms with Gasteiger partial charge in [-0.05, 0) is 37.0 Å². The monoisotopic (exact) mass is 286 g/mol. The number of hydrogen-bond acceptors (Lipinski definition) is 4. The molecule has 0 amide bonds. The van der Waals surface area contributed by atoms with Crippen LogP contribution >= 0.6 is 12.2 Å². The third kappa shape index (κ3) is 2.18. The Hall–Kier alpha value is -1.88. The first-order chi connectivity index (χ1) is 9.79. The molecule has 0 bridgehead atoms. The fourth-order valence-electron chi connectivity index (χ4n) is 2.42. The van der Waals surface area contributed by atoms with Crippen LogP contribution in [0.1, 0.15) is 36.4 Å². The van der Waals surface area contributed by atoms with Crippen molar-refractivity contribution in [2.24, 2.45) is 0 Å². The molecule has 1 fully saturated rings. The van der Waals surface area contributed by atoms with Gasteiger partial charge in [0.2, 0.25) is 0 Å². The van der Waals surface area contributed by atoms with Crippen molar-refractivity contribution in [3.63, 3.8) is 0 Å². The summed E-state index contributed by atoms with van der Waals surface area (Å²) >= 11 is 5.25. The summed E-state index contributed by atoms with van der Waals surface area (Å²) in [5.74, 6) is 2.89. The molecule has 4 rings (SSSR count). The second-order valence-corrected chi connectivity index (χ2v) is 5.62. The van der Waals surface area contributed by atoms with Crippen LogP contribution in [0.3, 0.4) is 0 Å². The minimum absolute atomic E-state index is 0.231. The average molecular weight is 286 g/mol. The highest BCUT2D eigenvalue weighted by Gasteiger charge is 2.28. The van der Waals surface area contributed by atoms with Crippen LogP contribution in [-0.2, 0) is 0 Å². The van der Waals surface area contributed by atoms with Gasteiger partial charge in [-0.3, -0.25) is 0 Å². The number of aromatic amines is 1. The van der Waals surface area contributed by atoms with Crippen LogP contribution in [0.4, 0.5) is 0 Å². The lowest BCUT2D eigenvalue weighted by Crippen LogP contribution is -2.23. The maximum Gasteiger partial charge on any atom is 0.190 e. The second-order valence-electron chi connectivity index (χ2n) is 5.20. The predicted molar refractivity (Wildman–Crippen MR) is 76.7 cm³/mol. The summed E-state index contributed by atoms with van der Waals surface area (Å²) in [4.78, 5) is 7.76. The largest absolute Gasteiger partial charge is 0.485 e. The first-order valence-electron chi connectivity index (χ1n) is 6.79. The smallest absolute Gasteiger partial charge is 0.190 e. The molecule has 20 heavy (non-hydrogen) atoms. The molecule has 1 aliphatic carbocycles. The van der Waals surface area contributed by atoms with Gasteiger partial charge in [-0.2, -0.15) is 0 Å². The Morgan fingerprint density at radius 2 is 2.00 bits per heavy atom. The highest BCUT2D eigenvalue weighted by Crippen LogP contribution is 2.40. The van der Waals surface area contributed by atoms with Gasteiger partial charge in [-0.15, -0.1) is 0 Å². The van der Waals surface area contributed by atoms with Crippen LogP contribution in [0, 0.1) is 4.64 Å². The maximum absolute atomic E-state index is 5.96. The number of aromatic nitrogens is 2. The predicted octanol–water partition coefficient (Wildman–Crippen LogP) is 3.53. The highest BCUT2D eigenvalue weighted by atomic mass is 32.1. The van der Waals surface area contributed by atoms with E-state index in [0.717, 1.165) is 17.3 Å². The van der Waals surface area contributed by atoms with Gasteiger partial charge in [0.15, 0.2) is 23.4 Å². The molecule has 2 aromatic rings. The molecule has 1 N–H and O–H groups in total. The summed E-state index contributed by atoms with van der Waals surface area (Å²) in [5.41, 5.74) is 1.17. The number of nitrogens with zero attached hydrogens (tertiary/aromatic N) is 1. The molecule has 1 saturated carbocycles. The third-order valence-electron chi connectivity index (χ3n) is 3.61. The van der Waals surface area contributed by atoms with Crippen LogP contribution in [0.2, 0.25) is 0 Å². The number of para-hydroxylation sites is 2. The van der Waals surface area contributed by atoms with Crippen LogP contribution < -0.4 is 9.47 Å². The minimum Gasteiger partial charge on any atom is -0.485 e. The van der Waals surface area contributed by atoms with Crippen molar-refractivity contribution < 1.29 is 9.47 Å². The molecule has 1 aromatic carbocycles. The molecule has 1 aliphatic heterocycles. The zero-order chi connectivity index (χ0) is 13.5. The Bertz CT molecular complexity index is 709. The third-order valence-corrected chi connectivity index (χ3v) is 3.82. The number of nitrogens with one attached hydrogen (secondary N) is 1. The first kappa shape index (κ1) is 11.9. The van der Waals surface area contributed by atoms with Gasteiger partial charge >= 0.3 is 0 Å². The van der Waals surface area contributed by atoms with E-state index in [1.54, 1.807) is 0 Å². The SMILES string of the molecule is S=c1cc(C2CC2)[nH]c(C2COc3ccccc3O2)n1. The second kappa shape index (κ2) is 4.59. The van der Waals surface area contributed by atoms with E-state index < -0.39 is 0 Å². The van der Waals surface area contributed by atoms with E-state index in [-0.39, 0.29) is 6.10 Å². The number of H-pyrrole nitrogens is 1. The van der Waals surface area contributed by atoms with Gasteiger partial charge in [0.25, 0.3) is 0 Å². The van der Waals surface area contributed by atoms with E-state index in [0.29, 0.717) is 17.2 Å². The molecule has 1 atom stereocenters. The zero-order valence-electron chi connectivity index (χ0n) is 10.8. The van der Waals surface area contributed by atoms with Gasteiger partial charge in [0.1, 0.15) is 11.2 Å². The number of benzene rings is 1. The Morgan fingerprint density at radius 3 is 2.80 bits per heavy atom. The van der Waals surface area contributed by atoms with E-state index >= 15 is 0 Å². The van der Waals surface area contributed by atoms with Crippen molar-refractivity contribution in [2.75, 3.05) is 6.61 Å². The summed E-state index contributed by atoms with van der Waals surface area (Å²) in [6, 6.07) is 9.62. The van der Waals surface area contributed by atoms with E-state index in [1.165, 1.54) is 18.5 Å². The van der Waals surface area contributed by atoms with Crippen LogP contribution in [0.25, 0.3) is 0 Å². The van der Waals surface area contributed by atoms with Crippen molar-refractivity contribution in [3.8, 4) is 11.5 Å². The summed E-state index contributed by atoms with van der Waals surface area (Å²) in [6.45, 7) is 0.448. The lowest BCUT2D eigenvalue weighted by atomic mass is 10.2. The Kier molecular flexibility index (Phi) is 2.73. The Labute approximate surface area is 121 Å². The number of ether oxygens (including phenoxy) is 2. The van der Waals surface area contributed by atoms with Gasteiger partial charge in [-0.25, -0.2) is 4.98 Å². The molecule has 102 valence electrons. The van der Waals surface area contributed by atoms with Crippen LogP contribution in [0.5, 0.6) is 11.5 Å². The van der Waals surface area contributed by atoms with Crippen molar-refractivity contribution in [1.82, 2.24) is 9.97 Å². The molecule has 2 heterocycles. The van der Waals surface area contributed by atoms with Gasteiger partial charge in [0.05, 0.1) is 0 Å².